The number of amides is 1. The number of carbonyl (C=O) groups excluding carboxylic acids is 1. The summed E-state index contributed by atoms with van der Waals surface area (Å²) in [5, 5.41) is 3.28. The molecule has 0 saturated heterocycles. The summed E-state index contributed by atoms with van der Waals surface area (Å²) in [5.41, 5.74) is 1.05. The molecular weight excluding hydrogens is 358 g/mol. The van der Waals surface area contributed by atoms with Gasteiger partial charge in [0.25, 0.3) is 5.91 Å². The highest BCUT2D eigenvalue weighted by Gasteiger charge is 2.16. The van der Waals surface area contributed by atoms with Gasteiger partial charge in [0.05, 0.1) is 5.69 Å². The summed E-state index contributed by atoms with van der Waals surface area (Å²) in [5.74, 6) is 0.691. The maximum absolute atomic E-state index is 12.5. The van der Waals surface area contributed by atoms with Crippen molar-refractivity contribution >= 4 is 23.2 Å². The van der Waals surface area contributed by atoms with E-state index in [2.05, 4.69) is 15.3 Å². The smallest absolute Gasteiger partial charge is 0.346 e. The van der Waals surface area contributed by atoms with Crippen LogP contribution in [0, 0.1) is 0 Å². The molecule has 1 aromatic heterocycles. The normalized spacial score (nSPS) is 12.0. The van der Waals surface area contributed by atoms with E-state index in [-0.39, 0.29) is 12.5 Å². The van der Waals surface area contributed by atoms with Crippen LogP contribution in [0.15, 0.2) is 53.3 Å². The molecule has 4 rings (SSSR count). The lowest BCUT2D eigenvalue weighted by molar-refractivity contribution is 0.102. The zero-order chi connectivity index (χ0) is 18.1. The van der Waals surface area contributed by atoms with Crippen molar-refractivity contribution in [3.8, 4) is 22.8 Å². The van der Waals surface area contributed by atoms with Gasteiger partial charge < -0.3 is 19.8 Å². The second-order valence-corrected chi connectivity index (χ2v) is 5.95. The van der Waals surface area contributed by atoms with Gasteiger partial charge in [-0.3, -0.25) is 4.79 Å². The van der Waals surface area contributed by atoms with Crippen LogP contribution in [0.25, 0.3) is 11.3 Å². The molecule has 2 aromatic carbocycles. The van der Waals surface area contributed by atoms with Crippen molar-refractivity contribution in [2.45, 2.75) is 0 Å². The third kappa shape index (κ3) is 3.25. The van der Waals surface area contributed by atoms with Crippen molar-refractivity contribution in [2.24, 2.45) is 0 Å². The molecule has 0 aliphatic carbocycles. The Bertz CT molecular complexity index is 1050. The van der Waals surface area contributed by atoms with Crippen LogP contribution >= 0.6 is 11.6 Å². The van der Waals surface area contributed by atoms with Gasteiger partial charge in [-0.2, -0.15) is 4.98 Å². The van der Waals surface area contributed by atoms with Crippen LogP contribution in [0.1, 0.15) is 10.5 Å². The molecule has 0 bridgehead atoms. The van der Waals surface area contributed by atoms with Crippen LogP contribution < -0.4 is 20.5 Å². The van der Waals surface area contributed by atoms with Crippen molar-refractivity contribution in [3.63, 3.8) is 0 Å². The number of benzene rings is 2. The Hall–Kier alpha value is -3.32. The standard InChI is InChI=1S/C18H12ClN3O4/c19-11-3-1-10(2-4-11)13-8-14(22-18(24)21-13)17(23)20-12-5-6-15-16(7-12)26-9-25-15/h1-8H,9H2,(H,20,23)(H,21,22,24). The fraction of sp³-hybridized carbons (Fsp3) is 0.0556. The fourth-order valence-corrected chi connectivity index (χ4v) is 2.65. The minimum atomic E-state index is -0.617. The summed E-state index contributed by atoms with van der Waals surface area (Å²) < 4.78 is 10.5. The maximum atomic E-state index is 12.5. The number of nitrogens with one attached hydrogen (secondary N) is 2. The van der Waals surface area contributed by atoms with Gasteiger partial charge in [0, 0.05) is 22.3 Å². The third-order valence-corrected chi connectivity index (χ3v) is 4.01. The first-order valence-corrected chi connectivity index (χ1v) is 8.04. The van der Waals surface area contributed by atoms with Crippen LogP contribution in [-0.4, -0.2) is 22.7 Å². The number of rotatable bonds is 3. The minimum absolute atomic E-state index is 0.0904. The van der Waals surface area contributed by atoms with Crippen molar-refractivity contribution in [1.29, 1.82) is 0 Å². The van der Waals surface area contributed by atoms with Crippen molar-refractivity contribution in [2.75, 3.05) is 12.1 Å². The molecule has 0 unspecified atom stereocenters. The van der Waals surface area contributed by atoms with Gasteiger partial charge in [-0.1, -0.05) is 23.7 Å². The number of ether oxygens (including phenoxy) is 2. The maximum Gasteiger partial charge on any atom is 0.346 e. The molecule has 2 heterocycles. The van der Waals surface area contributed by atoms with Crippen molar-refractivity contribution in [3.05, 3.63) is 69.7 Å². The first-order valence-electron chi connectivity index (χ1n) is 7.67. The number of carbonyl (C=O) groups is 1. The van der Waals surface area contributed by atoms with E-state index < -0.39 is 11.6 Å². The largest absolute Gasteiger partial charge is 0.454 e. The van der Waals surface area contributed by atoms with Crippen LogP contribution in [0.5, 0.6) is 11.5 Å². The Morgan fingerprint density at radius 1 is 1.08 bits per heavy atom. The van der Waals surface area contributed by atoms with E-state index in [1.807, 2.05) is 0 Å². The third-order valence-electron chi connectivity index (χ3n) is 3.76. The monoisotopic (exact) mass is 369 g/mol. The average Bonchev–Trinajstić information content (AvgIpc) is 3.09. The molecule has 2 N–H and O–H groups in total. The second kappa shape index (κ2) is 6.53. The molecule has 0 fully saturated rings. The topological polar surface area (TPSA) is 93.3 Å². The second-order valence-electron chi connectivity index (χ2n) is 5.51. The molecular formula is C18H12ClN3O4. The summed E-state index contributed by atoms with van der Waals surface area (Å²) in [4.78, 5) is 30.7. The SMILES string of the molecule is O=C(Nc1ccc2c(c1)OCO2)c1cc(-c2ccc(Cl)cc2)nc(=O)[nH]1. The molecule has 130 valence electrons. The summed E-state index contributed by atoms with van der Waals surface area (Å²) in [6.07, 6.45) is 0. The number of H-pyrrole nitrogens is 1. The highest BCUT2D eigenvalue weighted by atomic mass is 35.5. The molecule has 0 atom stereocenters. The molecule has 0 saturated carbocycles. The first kappa shape index (κ1) is 16.2. The summed E-state index contributed by atoms with van der Waals surface area (Å²) in [7, 11) is 0. The lowest BCUT2D eigenvalue weighted by atomic mass is 10.1. The number of nitrogens with zero attached hydrogens (tertiary/aromatic N) is 1. The molecule has 3 aromatic rings. The summed E-state index contributed by atoms with van der Waals surface area (Å²) >= 11 is 5.87. The van der Waals surface area contributed by atoms with E-state index in [0.717, 1.165) is 0 Å². The lowest BCUT2D eigenvalue weighted by Crippen LogP contribution is -2.21. The number of fused-ring (bicyclic) bond motifs is 1. The van der Waals surface area contributed by atoms with E-state index >= 15 is 0 Å². The summed E-state index contributed by atoms with van der Waals surface area (Å²) in [6.45, 7) is 0.148. The van der Waals surface area contributed by atoms with Crippen LogP contribution in [0.3, 0.4) is 0 Å². The van der Waals surface area contributed by atoms with E-state index in [4.69, 9.17) is 21.1 Å². The van der Waals surface area contributed by atoms with Gasteiger partial charge in [-0.15, -0.1) is 0 Å². The van der Waals surface area contributed by atoms with Crippen LogP contribution in [-0.2, 0) is 0 Å². The van der Waals surface area contributed by atoms with E-state index in [1.54, 1.807) is 42.5 Å². The average molecular weight is 370 g/mol. The van der Waals surface area contributed by atoms with Gasteiger partial charge in [0.2, 0.25) is 6.79 Å². The highest BCUT2D eigenvalue weighted by Crippen LogP contribution is 2.34. The predicted octanol–water partition coefficient (Wildman–Crippen LogP) is 3.07. The zero-order valence-corrected chi connectivity index (χ0v) is 14.0. The van der Waals surface area contributed by atoms with Crippen molar-refractivity contribution in [1.82, 2.24) is 9.97 Å². The Balaban J connectivity index is 1.61. The molecule has 0 spiro atoms. The molecule has 26 heavy (non-hydrogen) atoms. The van der Waals surface area contributed by atoms with Crippen molar-refractivity contribution < 1.29 is 14.3 Å². The van der Waals surface area contributed by atoms with Gasteiger partial charge in [0.1, 0.15) is 5.69 Å². The molecule has 7 nitrogen and oxygen atoms in total. The fourth-order valence-electron chi connectivity index (χ4n) is 2.52. The number of hydrogen-bond donors (Lipinski definition) is 2. The molecule has 0 radical (unpaired) electrons. The lowest BCUT2D eigenvalue weighted by Gasteiger charge is -2.07. The number of hydrogen-bond acceptors (Lipinski definition) is 5. The van der Waals surface area contributed by atoms with E-state index in [9.17, 15) is 9.59 Å². The van der Waals surface area contributed by atoms with Gasteiger partial charge in [0.15, 0.2) is 11.5 Å². The summed E-state index contributed by atoms with van der Waals surface area (Å²) in [6, 6.07) is 13.4. The molecule has 1 amide bonds. The van der Waals surface area contributed by atoms with E-state index in [1.165, 1.54) is 6.07 Å². The minimum Gasteiger partial charge on any atom is -0.454 e. The number of halogens is 1. The van der Waals surface area contributed by atoms with Crippen LogP contribution in [0.2, 0.25) is 5.02 Å². The number of anilines is 1. The Labute approximate surface area is 152 Å². The molecule has 1 aliphatic rings. The van der Waals surface area contributed by atoms with Gasteiger partial charge >= 0.3 is 5.69 Å². The number of aromatic nitrogens is 2. The van der Waals surface area contributed by atoms with Gasteiger partial charge in [-0.25, -0.2) is 4.79 Å². The number of aromatic amines is 1. The Morgan fingerprint density at radius 3 is 2.65 bits per heavy atom. The van der Waals surface area contributed by atoms with Crippen LogP contribution in [0.4, 0.5) is 5.69 Å². The van der Waals surface area contributed by atoms with E-state index in [0.29, 0.717) is 33.5 Å². The Morgan fingerprint density at radius 2 is 1.85 bits per heavy atom. The Kier molecular flexibility index (Phi) is 4.06. The van der Waals surface area contributed by atoms with Gasteiger partial charge in [-0.05, 0) is 30.3 Å². The quantitative estimate of drug-likeness (QED) is 0.740. The molecule has 1 aliphatic heterocycles. The predicted molar refractivity (Wildman–Crippen MR) is 95.8 cm³/mol. The zero-order valence-electron chi connectivity index (χ0n) is 13.3. The first-order chi connectivity index (χ1) is 12.6. The highest BCUT2D eigenvalue weighted by molar-refractivity contribution is 6.30. The molecule has 8 heteroatoms.